The second kappa shape index (κ2) is 7.80. The number of hydrogen-bond acceptors (Lipinski definition) is 4. The molecule has 3 nitrogen and oxygen atoms in total. The predicted molar refractivity (Wildman–Crippen MR) is 88.3 cm³/mol. The Balaban J connectivity index is 2.04. The van der Waals surface area contributed by atoms with E-state index >= 15 is 0 Å². The molecule has 114 valence electrons. The number of thiophene rings is 1. The van der Waals surface area contributed by atoms with Crippen molar-refractivity contribution in [3.63, 3.8) is 0 Å². The molecule has 2 rings (SSSR count). The Bertz CT molecular complexity index is 585. The van der Waals surface area contributed by atoms with Gasteiger partial charge in [0, 0.05) is 30.1 Å². The number of halogens is 1. The van der Waals surface area contributed by atoms with E-state index in [1.165, 1.54) is 10.4 Å². The third kappa shape index (κ3) is 4.45. The fourth-order valence-corrected chi connectivity index (χ4v) is 3.19. The van der Waals surface area contributed by atoms with E-state index in [2.05, 4.69) is 30.4 Å². The molecule has 21 heavy (non-hydrogen) atoms. The van der Waals surface area contributed by atoms with Gasteiger partial charge in [-0.15, -0.1) is 11.3 Å². The molecule has 1 heterocycles. The first-order valence-corrected chi connectivity index (χ1v) is 7.97. The second-order valence-electron chi connectivity index (χ2n) is 4.81. The summed E-state index contributed by atoms with van der Waals surface area (Å²) in [5.41, 5.74) is 2.27. The summed E-state index contributed by atoms with van der Waals surface area (Å²) in [6.45, 7) is 3.50. The smallest absolute Gasteiger partial charge is 0.124 e. The lowest BCUT2D eigenvalue weighted by atomic mass is 10.0. The molecule has 1 aromatic carbocycles. The van der Waals surface area contributed by atoms with Gasteiger partial charge in [-0.3, -0.25) is 0 Å². The zero-order chi connectivity index (χ0) is 15.2. The molecule has 0 saturated carbocycles. The molecule has 0 bridgehead atoms. The van der Waals surface area contributed by atoms with E-state index in [4.69, 9.17) is 21.1 Å². The summed E-state index contributed by atoms with van der Waals surface area (Å²) < 4.78 is 11.4. The Morgan fingerprint density at radius 1 is 1.24 bits per heavy atom. The summed E-state index contributed by atoms with van der Waals surface area (Å²) in [7, 11) is 3.37. The zero-order valence-electron chi connectivity index (χ0n) is 12.5. The minimum absolute atomic E-state index is 0.243. The normalized spacial score (nSPS) is 12.4. The highest BCUT2D eigenvalue weighted by molar-refractivity contribution is 7.16. The van der Waals surface area contributed by atoms with Crippen LogP contribution < -0.4 is 10.1 Å². The van der Waals surface area contributed by atoms with Gasteiger partial charge in [0.15, 0.2) is 0 Å². The van der Waals surface area contributed by atoms with Crippen LogP contribution in [0.15, 0.2) is 30.3 Å². The van der Waals surface area contributed by atoms with E-state index in [-0.39, 0.29) is 6.04 Å². The molecule has 1 aromatic heterocycles. The van der Waals surface area contributed by atoms with Crippen LogP contribution in [0.25, 0.3) is 0 Å². The number of rotatable bonds is 7. The van der Waals surface area contributed by atoms with E-state index in [1.54, 1.807) is 25.6 Å². The van der Waals surface area contributed by atoms with Crippen molar-refractivity contribution in [2.75, 3.05) is 14.2 Å². The highest BCUT2D eigenvalue weighted by Gasteiger charge is 2.10. The zero-order valence-corrected chi connectivity index (χ0v) is 14.1. The lowest BCUT2D eigenvalue weighted by molar-refractivity contribution is 0.181. The Morgan fingerprint density at radius 3 is 2.67 bits per heavy atom. The lowest BCUT2D eigenvalue weighted by Crippen LogP contribution is -2.17. The Kier molecular flexibility index (Phi) is 6.06. The molecule has 5 heteroatoms. The summed E-state index contributed by atoms with van der Waals surface area (Å²) in [5, 5.41) is 3.51. The number of hydrogen-bond donors (Lipinski definition) is 1. The molecule has 0 saturated heterocycles. The molecular weight excluding hydrogens is 306 g/mol. The molecule has 1 N–H and O–H groups in total. The van der Waals surface area contributed by atoms with Crippen molar-refractivity contribution in [1.82, 2.24) is 5.32 Å². The molecule has 0 aliphatic carbocycles. The number of benzene rings is 1. The SMILES string of the molecule is COCc1cc(C(C)NCc2ccc(Cl)s2)ccc1OC. The van der Waals surface area contributed by atoms with Crippen molar-refractivity contribution >= 4 is 22.9 Å². The fraction of sp³-hybridized carbons (Fsp3) is 0.375. The molecule has 0 aliphatic rings. The largest absolute Gasteiger partial charge is 0.496 e. The first kappa shape index (κ1) is 16.3. The third-order valence-corrected chi connectivity index (χ3v) is 4.55. The van der Waals surface area contributed by atoms with E-state index in [9.17, 15) is 0 Å². The van der Waals surface area contributed by atoms with Gasteiger partial charge in [-0.25, -0.2) is 0 Å². The average Bonchev–Trinajstić information content (AvgIpc) is 2.90. The first-order valence-electron chi connectivity index (χ1n) is 6.77. The van der Waals surface area contributed by atoms with Crippen LogP contribution in [0, 0.1) is 0 Å². The van der Waals surface area contributed by atoms with Crippen LogP contribution in [0.2, 0.25) is 4.34 Å². The number of methoxy groups -OCH3 is 2. The van der Waals surface area contributed by atoms with Crippen molar-refractivity contribution in [2.24, 2.45) is 0 Å². The van der Waals surface area contributed by atoms with Crippen molar-refractivity contribution in [3.05, 3.63) is 50.7 Å². The summed E-state index contributed by atoms with van der Waals surface area (Å²) in [4.78, 5) is 1.23. The maximum atomic E-state index is 5.94. The van der Waals surface area contributed by atoms with Crippen molar-refractivity contribution in [3.8, 4) is 5.75 Å². The minimum atomic E-state index is 0.243. The van der Waals surface area contributed by atoms with Gasteiger partial charge >= 0.3 is 0 Å². The fourth-order valence-electron chi connectivity index (χ4n) is 2.15. The quantitative estimate of drug-likeness (QED) is 0.818. The molecule has 0 radical (unpaired) electrons. The summed E-state index contributed by atoms with van der Waals surface area (Å²) >= 11 is 7.55. The van der Waals surface area contributed by atoms with Crippen molar-refractivity contribution in [2.45, 2.75) is 26.1 Å². The highest BCUT2D eigenvalue weighted by Crippen LogP contribution is 2.25. The van der Waals surface area contributed by atoms with Gasteiger partial charge in [0.1, 0.15) is 5.75 Å². The molecule has 0 spiro atoms. The Hall–Kier alpha value is -1.07. The molecule has 1 atom stereocenters. The van der Waals surface area contributed by atoms with Crippen LogP contribution in [-0.2, 0) is 17.9 Å². The van der Waals surface area contributed by atoms with E-state index in [0.29, 0.717) is 6.61 Å². The van der Waals surface area contributed by atoms with E-state index in [0.717, 1.165) is 22.2 Å². The lowest BCUT2D eigenvalue weighted by Gasteiger charge is -2.16. The third-order valence-electron chi connectivity index (χ3n) is 3.32. The Labute approximate surface area is 134 Å². The van der Waals surface area contributed by atoms with Gasteiger partial charge in [-0.05, 0) is 36.8 Å². The summed E-state index contributed by atoms with van der Waals surface area (Å²) in [6.07, 6.45) is 0. The molecule has 0 aliphatic heterocycles. The van der Waals surface area contributed by atoms with Crippen LogP contribution in [0.1, 0.15) is 29.0 Å². The van der Waals surface area contributed by atoms with Crippen LogP contribution in [0.5, 0.6) is 5.75 Å². The molecule has 0 fully saturated rings. The van der Waals surface area contributed by atoms with Gasteiger partial charge in [-0.2, -0.15) is 0 Å². The van der Waals surface area contributed by atoms with Gasteiger partial charge in [-0.1, -0.05) is 17.7 Å². The van der Waals surface area contributed by atoms with Crippen LogP contribution in [0.4, 0.5) is 0 Å². The Morgan fingerprint density at radius 2 is 2.05 bits per heavy atom. The summed E-state index contributed by atoms with van der Waals surface area (Å²) in [6, 6.07) is 10.4. The average molecular weight is 326 g/mol. The first-order chi connectivity index (χ1) is 10.1. The molecule has 1 unspecified atom stereocenters. The standard InChI is InChI=1S/C16H20ClNO2S/c1-11(18-9-14-5-7-16(17)21-14)12-4-6-15(20-3)13(8-12)10-19-2/h4-8,11,18H,9-10H2,1-3H3. The monoisotopic (exact) mass is 325 g/mol. The van der Waals surface area contributed by atoms with Gasteiger partial charge in [0.05, 0.1) is 18.1 Å². The second-order valence-corrected chi connectivity index (χ2v) is 6.61. The highest BCUT2D eigenvalue weighted by atomic mass is 35.5. The van der Waals surface area contributed by atoms with Crippen LogP contribution in [-0.4, -0.2) is 14.2 Å². The maximum absolute atomic E-state index is 5.94. The minimum Gasteiger partial charge on any atom is -0.496 e. The van der Waals surface area contributed by atoms with Crippen LogP contribution >= 0.6 is 22.9 Å². The van der Waals surface area contributed by atoms with E-state index < -0.39 is 0 Å². The molecule has 2 aromatic rings. The van der Waals surface area contributed by atoms with Gasteiger partial charge in [0.25, 0.3) is 0 Å². The predicted octanol–water partition coefficient (Wildman–Crippen LogP) is 4.41. The van der Waals surface area contributed by atoms with Gasteiger partial charge in [0.2, 0.25) is 0 Å². The maximum Gasteiger partial charge on any atom is 0.124 e. The van der Waals surface area contributed by atoms with Crippen molar-refractivity contribution < 1.29 is 9.47 Å². The van der Waals surface area contributed by atoms with Crippen molar-refractivity contribution in [1.29, 1.82) is 0 Å². The number of ether oxygens (including phenoxy) is 2. The topological polar surface area (TPSA) is 30.5 Å². The number of nitrogens with one attached hydrogen (secondary N) is 1. The van der Waals surface area contributed by atoms with E-state index in [1.807, 2.05) is 12.1 Å². The molecular formula is C16H20ClNO2S. The van der Waals surface area contributed by atoms with Crippen LogP contribution in [0.3, 0.4) is 0 Å². The summed E-state index contributed by atoms with van der Waals surface area (Å²) in [5.74, 6) is 0.859. The van der Waals surface area contributed by atoms with Gasteiger partial charge < -0.3 is 14.8 Å². The molecule has 0 amide bonds.